The molecule has 11 heteroatoms. The number of hydrogen-bond acceptors (Lipinski definition) is 6. The van der Waals surface area contributed by atoms with E-state index in [1.807, 2.05) is 0 Å². The lowest BCUT2D eigenvalue weighted by Crippen LogP contribution is -2.47. The quantitative estimate of drug-likeness (QED) is 0.352. The molecule has 0 spiro atoms. The number of amides is 2. The van der Waals surface area contributed by atoms with Crippen LogP contribution in [0.5, 0.6) is 5.75 Å². The van der Waals surface area contributed by atoms with Crippen molar-refractivity contribution in [1.82, 2.24) is 25.5 Å². The molecule has 1 aliphatic carbocycles. The Bertz CT molecular complexity index is 1450. The number of benzene rings is 3. The summed E-state index contributed by atoms with van der Waals surface area (Å²) in [5.74, 6) is -2.09. The number of nitrogens with zero attached hydrogens (tertiary/aromatic N) is 5. The predicted octanol–water partition coefficient (Wildman–Crippen LogP) is 4.16. The SMILES string of the molecule is O=C(NC1CCCC1)C(c1ccc(O)cc1)N(C(=O)Cn1nnc(-c2ccc(F)cc2)n1)c1ccccc1F. The third kappa shape index (κ3) is 5.92. The van der Waals surface area contributed by atoms with E-state index in [0.717, 1.165) is 35.4 Å². The van der Waals surface area contributed by atoms with Gasteiger partial charge in [0, 0.05) is 11.6 Å². The number of phenols is 1. The van der Waals surface area contributed by atoms with Gasteiger partial charge in [-0.3, -0.25) is 14.5 Å². The molecule has 0 saturated heterocycles. The maximum Gasteiger partial charge on any atom is 0.251 e. The van der Waals surface area contributed by atoms with Crippen molar-refractivity contribution in [2.75, 3.05) is 4.90 Å². The van der Waals surface area contributed by atoms with Crippen molar-refractivity contribution in [2.45, 2.75) is 44.3 Å². The van der Waals surface area contributed by atoms with Crippen LogP contribution in [0.15, 0.2) is 72.8 Å². The number of carbonyl (C=O) groups excluding carboxylic acids is 2. The van der Waals surface area contributed by atoms with Crippen molar-refractivity contribution in [1.29, 1.82) is 0 Å². The Hall–Kier alpha value is -4.67. The van der Waals surface area contributed by atoms with Gasteiger partial charge in [0.15, 0.2) is 0 Å². The molecular weight excluding hydrogens is 506 g/mol. The summed E-state index contributed by atoms with van der Waals surface area (Å²) >= 11 is 0. The molecule has 1 heterocycles. The number of halogens is 2. The van der Waals surface area contributed by atoms with Crippen LogP contribution < -0.4 is 10.2 Å². The largest absolute Gasteiger partial charge is 0.508 e. The normalized spacial score (nSPS) is 14.2. The molecule has 1 saturated carbocycles. The lowest BCUT2D eigenvalue weighted by atomic mass is 10.0. The van der Waals surface area contributed by atoms with Gasteiger partial charge in [0.25, 0.3) is 5.91 Å². The number of nitrogens with one attached hydrogen (secondary N) is 1. The summed E-state index contributed by atoms with van der Waals surface area (Å²) in [4.78, 5) is 29.7. The van der Waals surface area contributed by atoms with E-state index in [1.165, 1.54) is 66.7 Å². The summed E-state index contributed by atoms with van der Waals surface area (Å²) in [6, 6.07) is 15.7. The second-order valence-corrected chi connectivity index (χ2v) is 9.35. The highest BCUT2D eigenvalue weighted by molar-refractivity contribution is 6.01. The molecule has 3 aromatic carbocycles. The first-order valence-corrected chi connectivity index (χ1v) is 12.6. The van der Waals surface area contributed by atoms with Crippen LogP contribution in [-0.4, -0.2) is 43.2 Å². The Labute approximate surface area is 223 Å². The molecule has 0 radical (unpaired) electrons. The highest BCUT2D eigenvalue weighted by Gasteiger charge is 2.36. The molecule has 1 aromatic heterocycles. The average Bonchev–Trinajstić information content (AvgIpc) is 3.61. The van der Waals surface area contributed by atoms with E-state index in [2.05, 4.69) is 20.7 Å². The molecule has 1 aliphatic rings. The van der Waals surface area contributed by atoms with Gasteiger partial charge in [-0.2, -0.15) is 4.80 Å². The van der Waals surface area contributed by atoms with Gasteiger partial charge < -0.3 is 10.4 Å². The summed E-state index contributed by atoms with van der Waals surface area (Å²) in [5.41, 5.74) is 0.790. The number of rotatable bonds is 8. The van der Waals surface area contributed by atoms with Gasteiger partial charge in [0.1, 0.15) is 30.0 Å². The minimum Gasteiger partial charge on any atom is -0.508 e. The zero-order valence-corrected chi connectivity index (χ0v) is 20.9. The first-order valence-electron chi connectivity index (χ1n) is 12.6. The molecule has 2 N–H and O–H groups in total. The van der Waals surface area contributed by atoms with Gasteiger partial charge >= 0.3 is 0 Å². The van der Waals surface area contributed by atoms with Gasteiger partial charge in [-0.15, -0.1) is 10.2 Å². The van der Waals surface area contributed by atoms with Gasteiger partial charge in [-0.25, -0.2) is 8.78 Å². The number of phenolic OH excluding ortho intramolecular Hbond substituents is 1. The molecule has 39 heavy (non-hydrogen) atoms. The van der Waals surface area contributed by atoms with E-state index in [9.17, 15) is 19.1 Å². The lowest BCUT2D eigenvalue weighted by molar-refractivity contribution is -0.127. The fourth-order valence-corrected chi connectivity index (χ4v) is 4.71. The van der Waals surface area contributed by atoms with Crippen LogP contribution in [0.4, 0.5) is 14.5 Å². The van der Waals surface area contributed by atoms with Gasteiger partial charge in [0.2, 0.25) is 11.7 Å². The van der Waals surface area contributed by atoms with Crippen molar-refractivity contribution >= 4 is 17.5 Å². The number of hydrogen-bond donors (Lipinski definition) is 2. The van der Waals surface area contributed by atoms with Crippen LogP contribution in [0.3, 0.4) is 0 Å². The summed E-state index contributed by atoms with van der Waals surface area (Å²) in [5, 5.41) is 24.9. The molecular formula is C28H26F2N6O3. The van der Waals surface area contributed by atoms with Crippen LogP contribution >= 0.6 is 0 Å². The Balaban J connectivity index is 1.51. The summed E-state index contributed by atoms with van der Waals surface area (Å²) < 4.78 is 28.5. The maximum absolute atomic E-state index is 15.2. The summed E-state index contributed by atoms with van der Waals surface area (Å²) in [6.07, 6.45) is 3.60. The Morgan fingerprint density at radius 3 is 2.38 bits per heavy atom. The number of carbonyl (C=O) groups is 2. The van der Waals surface area contributed by atoms with E-state index in [0.29, 0.717) is 11.1 Å². The Morgan fingerprint density at radius 1 is 1.00 bits per heavy atom. The number of anilines is 1. The van der Waals surface area contributed by atoms with E-state index in [1.54, 1.807) is 6.07 Å². The first-order chi connectivity index (χ1) is 18.9. The second kappa shape index (κ2) is 11.4. The number of aromatic hydroxyl groups is 1. The molecule has 0 bridgehead atoms. The molecule has 1 atom stereocenters. The van der Waals surface area contributed by atoms with Crippen LogP contribution in [-0.2, 0) is 16.1 Å². The highest BCUT2D eigenvalue weighted by Crippen LogP contribution is 2.32. The molecule has 2 amide bonds. The van der Waals surface area contributed by atoms with Crippen molar-refractivity contribution in [2.24, 2.45) is 0 Å². The smallest absolute Gasteiger partial charge is 0.251 e. The molecule has 4 aromatic rings. The van der Waals surface area contributed by atoms with Gasteiger partial charge in [0.05, 0.1) is 5.69 Å². The number of aromatic nitrogens is 4. The minimum atomic E-state index is -1.24. The van der Waals surface area contributed by atoms with E-state index in [-0.39, 0.29) is 23.3 Å². The van der Waals surface area contributed by atoms with Crippen molar-refractivity contribution in [3.8, 4) is 17.1 Å². The zero-order valence-electron chi connectivity index (χ0n) is 20.9. The van der Waals surface area contributed by atoms with Crippen LogP contribution in [0.2, 0.25) is 0 Å². The van der Waals surface area contributed by atoms with E-state index < -0.39 is 36.0 Å². The average molecular weight is 533 g/mol. The number of para-hydroxylation sites is 1. The van der Waals surface area contributed by atoms with Crippen LogP contribution in [0, 0.1) is 11.6 Å². The third-order valence-electron chi connectivity index (χ3n) is 6.63. The topological polar surface area (TPSA) is 113 Å². The fraction of sp³-hybridized carbons (Fsp3) is 0.250. The van der Waals surface area contributed by atoms with Crippen molar-refractivity contribution < 1.29 is 23.5 Å². The molecule has 5 rings (SSSR count). The third-order valence-corrected chi connectivity index (χ3v) is 6.63. The van der Waals surface area contributed by atoms with Gasteiger partial charge in [-0.05, 0) is 72.1 Å². The minimum absolute atomic E-state index is 0.0161. The standard InChI is InChI=1S/C28H26F2N6O3/c29-20-13-9-19(10-14-20)27-32-34-35(33-27)17-25(38)36(24-8-4-3-7-23(24)30)26(18-11-15-22(37)16-12-18)28(39)31-21-5-1-2-6-21/h3-4,7-16,21,26,37H,1-2,5-6,17H2,(H,31,39). The fourth-order valence-electron chi connectivity index (χ4n) is 4.71. The molecule has 200 valence electrons. The van der Waals surface area contributed by atoms with Crippen LogP contribution in [0.1, 0.15) is 37.3 Å². The number of tetrazole rings is 1. The Kier molecular flexibility index (Phi) is 7.57. The van der Waals surface area contributed by atoms with Gasteiger partial charge in [-0.1, -0.05) is 37.1 Å². The Morgan fingerprint density at radius 2 is 1.69 bits per heavy atom. The van der Waals surface area contributed by atoms with Crippen molar-refractivity contribution in [3.05, 3.63) is 90.0 Å². The highest BCUT2D eigenvalue weighted by atomic mass is 19.1. The van der Waals surface area contributed by atoms with E-state index >= 15 is 4.39 Å². The second-order valence-electron chi connectivity index (χ2n) is 9.35. The first kappa shape index (κ1) is 26.0. The zero-order chi connectivity index (χ0) is 27.4. The monoisotopic (exact) mass is 532 g/mol. The summed E-state index contributed by atoms with van der Waals surface area (Å²) in [7, 11) is 0. The van der Waals surface area contributed by atoms with Crippen LogP contribution in [0.25, 0.3) is 11.4 Å². The molecule has 1 fully saturated rings. The lowest BCUT2D eigenvalue weighted by Gasteiger charge is -2.32. The maximum atomic E-state index is 15.2. The molecule has 9 nitrogen and oxygen atoms in total. The van der Waals surface area contributed by atoms with Crippen molar-refractivity contribution in [3.63, 3.8) is 0 Å². The molecule has 0 aliphatic heterocycles. The van der Waals surface area contributed by atoms with E-state index in [4.69, 9.17) is 0 Å². The summed E-state index contributed by atoms with van der Waals surface area (Å²) in [6.45, 7) is -0.451. The predicted molar refractivity (Wildman–Crippen MR) is 138 cm³/mol. The molecule has 1 unspecified atom stereocenters.